The summed E-state index contributed by atoms with van der Waals surface area (Å²) in [6.07, 6.45) is 4.93. The molecular weight excluding hydrogens is 324 g/mol. The maximum Gasteiger partial charge on any atom is 0.251 e. The summed E-state index contributed by atoms with van der Waals surface area (Å²) in [5.41, 5.74) is -0.553. The maximum absolute atomic E-state index is 12.7. The van der Waals surface area contributed by atoms with Crippen LogP contribution in [0.3, 0.4) is 0 Å². The first-order chi connectivity index (χ1) is 12.3. The molecule has 3 aliphatic heterocycles. The molecule has 0 aromatic carbocycles. The number of aromatic nitrogens is 2. The van der Waals surface area contributed by atoms with Crippen molar-refractivity contribution in [2.24, 2.45) is 0 Å². The third-order valence-corrected chi connectivity index (χ3v) is 4.95. The first kappa shape index (κ1) is 16.7. The van der Waals surface area contributed by atoms with Crippen LogP contribution in [-0.2, 0) is 19.0 Å². The van der Waals surface area contributed by atoms with E-state index in [2.05, 4.69) is 14.9 Å². The second-order valence-electron chi connectivity index (χ2n) is 6.82. The SMILES string of the molecule is O=C(C1CCCO1)N1CCOC2(COCCN(c3ncccn3)C2)C1. The summed E-state index contributed by atoms with van der Waals surface area (Å²) in [6, 6.07) is 1.80. The molecule has 0 aliphatic carbocycles. The Kier molecular flexibility index (Phi) is 4.82. The number of hydrogen-bond donors (Lipinski definition) is 0. The predicted octanol–water partition coefficient (Wildman–Crippen LogP) is 0.0898. The van der Waals surface area contributed by atoms with E-state index in [-0.39, 0.29) is 12.0 Å². The molecule has 3 aliphatic rings. The molecule has 3 saturated heterocycles. The third-order valence-electron chi connectivity index (χ3n) is 4.95. The van der Waals surface area contributed by atoms with Gasteiger partial charge in [-0.15, -0.1) is 0 Å². The van der Waals surface area contributed by atoms with E-state index in [0.29, 0.717) is 58.6 Å². The fourth-order valence-corrected chi connectivity index (χ4v) is 3.72. The van der Waals surface area contributed by atoms with E-state index in [4.69, 9.17) is 14.2 Å². The highest BCUT2D eigenvalue weighted by atomic mass is 16.5. The summed E-state index contributed by atoms with van der Waals surface area (Å²) in [5.74, 6) is 0.741. The lowest BCUT2D eigenvalue weighted by Crippen LogP contribution is -2.61. The molecule has 0 saturated carbocycles. The molecule has 0 bridgehead atoms. The first-order valence-electron chi connectivity index (χ1n) is 8.90. The second kappa shape index (κ2) is 7.23. The Morgan fingerprint density at radius 2 is 2.04 bits per heavy atom. The fourth-order valence-electron chi connectivity index (χ4n) is 3.72. The van der Waals surface area contributed by atoms with Gasteiger partial charge in [0.25, 0.3) is 5.91 Å². The van der Waals surface area contributed by atoms with Gasteiger partial charge in [-0.2, -0.15) is 0 Å². The van der Waals surface area contributed by atoms with Crippen molar-refractivity contribution in [3.8, 4) is 0 Å². The second-order valence-corrected chi connectivity index (χ2v) is 6.82. The Morgan fingerprint density at radius 3 is 2.84 bits per heavy atom. The number of morpholine rings is 1. The van der Waals surface area contributed by atoms with Gasteiger partial charge in [-0.3, -0.25) is 4.79 Å². The normalized spacial score (nSPS) is 30.5. The summed E-state index contributed by atoms with van der Waals surface area (Å²) in [4.78, 5) is 25.4. The van der Waals surface area contributed by atoms with Crippen molar-refractivity contribution >= 4 is 11.9 Å². The lowest BCUT2D eigenvalue weighted by atomic mass is 10.0. The molecule has 4 rings (SSSR count). The number of rotatable bonds is 2. The molecule has 0 N–H and O–H groups in total. The number of nitrogens with zero attached hydrogens (tertiary/aromatic N) is 4. The summed E-state index contributed by atoms with van der Waals surface area (Å²) in [6.45, 7) is 4.65. The molecule has 136 valence electrons. The predicted molar refractivity (Wildman–Crippen MR) is 89.3 cm³/mol. The van der Waals surface area contributed by atoms with Crippen molar-refractivity contribution in [3.05, 3.63) is 18.5 Å². The van der Waals surface area contributed by atoms with E-state index < -0.39 is 5.60 Å². The molecule has 0 radical (unpaired) electrons. The average Bonchev–Trinajstić information content (AvgIpc) is 3.12. The van der Waals surface area contributed by atoms with E-state index in [1.54, 1.807) is 18.5 Å². The Morgan fingerprint density at radius 1 is 1.16 bits per heavy atom. The zero-order chi connectivity index (χ0) is 17.1. The van der Waals surface area contributed by atoms with Crippen molar-refractivity contribution in [2.75, 3.05) is 57.5 Å². The molecule has 2 unspecified atom stereocenters. The first-order valence-corrected chi connectivity index (χ1v) is 8.90. The lowest BCUT2D eigenvalue weighted by molar-refractivity contribution is -0.164. The summed E-state index contributed by atoms with van der Waals surface area (Å²) in [5, 5.41) is 0. The van der Waals surface area contributed by atoms with Crippen LogP contribution in [0.2, 0.25) is 0 Å². The van der Waals surface area contributed by atoms with Crippen LogP contribution in [0.4, 0.5) is 5.95 Å². The molecule has 1 aromatic heterocycles. The van der Waals surface area contributed by atoms with Crippen LogP contribution in [0.5, 0.6) is 0 Å². The number of amides is 1. The number of anilines is 1. The van der Waals surface area contributed by atoms with Gasteiger partial charge < -0.3 is 24.0 Å². The van der Waals surface area contributed by atoms with E-state index in [1.807, 2.05) is 4.90 Å². The zero-order valence-electron chi connectivity index (χ0n) is 14.3. The van der Waals surface area contributed by atoms with Gasteiger partial charge in [0, 0.05) is 32.1 Å². The van der Waals surface area contributed by atoms with E-state index in [9.17, 15) is 4.79 Å². The quantitative estimate of drug-likeness (QED) is 0.750. The number of carbonyl (C=O) groups is 1. The molecular formula is C17H24N4O4. The average molecular weight is 348 g/mol. The molecule has 1 amide bonds. The number of carbonyl (C=O) groups excluding carboxylic acids is 1. The van der Waals surface area contributed by atoms with Gasteiger partial charge in [0.15, 0.2) is 0 Å². The Balaban J connectivity index is 1.49. The van der Waals surface area contributed by atoms with Gasteiger partial charge >= 0.3 is 0 Å². The largest absolute Gasteiger partial charge is 0.376 e. The van der Waals surface area contributed by atoms with Gasteiger partial charge in [-0.25, -0.2) is 9.97 Å². The van der Waals surface area contributed by atoms with Crippen LogP contribution in [0.1, 0.15) is 12.8 Å². The third kappa shape index (κ3) is 3.61. The standard InChI is InChI=1S/C17H24N4O4/c22-15(14-3-1-8-24-14)20-7-10-25-17(11-20)12-21(6-9-23-13-17)16-18-4-2-5-19-16/h2,4-5,14H,1,3,6-13H2. The van der Waals surface area contributed by atoms with Gasteiger partial charge in [0.2, 0.25) is 5.95 Å². The van der Waals surface area contributed by atoms with Gasteiger partial charge in [-0.1, -0.05) is 0 Å². The minimum atomic E-state index is -0.553. The number of hydrogen-bond acceptors (Lipinski definition) is 7. The van der Waals surface area contributed by atoms with E-state index in [0.717, 1.165) is 12.8 Å². The van der Waals surface area contributed by atoms with Crippen LogP contribution >= 0.6 is 0 Å². The van der Waals surface area contributed by atoms with Crippen LogP contribution in [0.15, 0.2) is 18.5 Å². The smallest absolute Gasteiger partial charge is 0.251 e. The van der Waals surface area contributed by atoms with Crippen molar-refractivity contribution in [1.29, 1.82) is 0 Å². The topological polar surface area (TPSA) is 77.0 Å². The van der Waals surface area contributed by atoms with Crippen LogP contribution in [-0.4, -0.2) is 85.1 Å². The highest BCUT2D eigenvalue weighted by Gasteiger charge is 2.43. The van der Waals surface area contributed by atoms with Crippen molar-refractivity contribution in [3.63, 3.8) is 0 Å². The lowest BCUT2D eigenvalue weighted by Gasteiger charge is -2.43. The van der Waals surface area contributed by atoms with Crippen molar-refractivity contribution in [2.45, 2.75) is 24.5 Å². The van der Waals surface area contributed by atoms with Crippen molar-refractivity contribution < 1.29 is 19.0 Å². The molecule has 1 spiro atoms. The monoisotopic (exact) mass is 348 g/mol. The van der Waals surface area contributed by atoms with Crippen LogP contribution < -0.4 is 4.90 Å². The zero-order valence-corrected chi connectivity index (χ0v) is 14.3. The Hall–Kier alpha value is -1.77. The van der Waals surface area contributed by atoms with E-state index >= 15 is 0 Å². The summed E-state index contributed by atoms with van der Waals surface area (Å²) < 4.78 is 17.5. The molecule has 3 fully saturated rings. The van der Waals surface area contributed by atoms with Gasteiger partial charge in [0.05, 0.1) is 32.9 Å². The molecule has 2 atom stereocenters. The fraction of sp³-hybridized carbons (Fsp3) is 0.706. The summed E-state index contributed by atoms with van der Waals surface area (Å²) >= 11 is 0. The molecule has 4 heterocycles. The molecule has 25 heavy (non-hydrogen) atoms. The molecule has 8 heteroatoms. The molecule has 1 aromatic rings. The minimum absolute atomic E-state index is 0.0759. The molecule has 8 nitrogen and oxygen atoms in total. The highest BCUT2D eigenvalue weighted by Crippen LogP contribution is 2.26. The minimum Gasteiger partial charge on any atom is -0.376 e. The van der Waals surface area contributed by atoms with Crippen LogP contribution in [0, 0.1) is 0 Å². The van der Waals surface area contributed by atoms with Crippen molar-refractivity contribution in [1.82, 2.24) is 14.9 Å². The summed E-state index contributed by atoms with van der Waals surface area (Å²) in [7, 11) is 0. The highest BCUT2D eigenvalue weighted by molar-refractivity contribution is 5.81. The van der Waals surface area contributed by atoms with Gasteiger partial charge in [-0.05, 0) is 18.9 Å². The Bertz CT molecular complexity index is 596. The number of ether oxygens (including phenoxy) is 3. The maximum atomic E-state index is 12.7. The van der Waals surface area contributed by atoms with Crippen LogP contribution in [0.25, 0.3) is 0 Å². The van der Waals surface area contributed by atoms with E-state index in [1.165, 1.54) is 0 Å². The Labute approximate surface area is 147 Å². The van der Waals surface area contributed by atoms with Gasteiger partial charge in [0.1, 0.15) is 11.7 Å².